The van der Waals surface area contributed by atoms with Crippen molar-refractivity contribution in [3.63, 3.8) is 0 Å². The van der Waals surface area contributed by atoms with E-state index in [1.807, 2.05) is 35.0 Å². The van der Waals surface area contributed by atoms with Crippen molar-refractivity contribution >= 4 is 22.6 Å². The number of rotatable bonds is 5. The molecule has 4 heterocycles. The molecule has 3 aromatic heterocycles. The van der Waals surface area contributed by atoms with E-state index < -0.39 is 0 Å². The van der Waals surface area contributed by atoms with Gasteiger partial charge in [-0.3, -0.25) is 9.69 Å². The average molecular weight is 403 g/mol. The van der Waals surface area contributed by atoms with Gasteiger partial charge in [-0.15, -0.1) is 0 Å². The molecule has 30 heavy (non-hydrogen) atoms. The van der Waals surface area contributed by atoms with Crippen LogP contribution in [0.2, 0.25) is 0 Å². The van der Waals surface area contributed by atoms with E-state index in [0.717, 1.165) is 60.7 Å². The summed E-state index contributed by atoms with van der Waals surface area (Å²) < 4.78 is 1.97. The van der Waals surface area contributed by atoms with Crippen LogP contribution in [0.15, 0.2) is 48.8 Å². The van der Waals surface area contributed by atoms with Crippen LogP contribution < -0.4 is 5.32 Å². The Bertz CT molecular complexity index is 1150. The van der Waals surface area contributed by atoms with Gasteiger partial charge in [0.15, 0.2) is 0 Å². The van der Waals surface area contributed by atoms with Gasteiger partial charge in [0.2, 0.25) is 5.91 Å². The van der Waals surface area contributed by atoms with E-state index in [1.54, 1.807) is 0 Å². The first kappa shape index (κ1) is 18.8. The summed E-state index contributed by atoms with van der Waals surface area (Å²) in [5, 5.41) is 3.07. The molecule has 4 aromatic rings. The van der Waals surface area contributed by atoms with Crippen molar-refractivity contribution in [3.8, 4) is 0 Å². The summed E-state index contributed by atoms with van der Waals surface area (Å²) in [5.41, 5.74) is 5.11. The number of aryl methyl sites for hydroxylation is 1. The fourth-order valence-electron chi connectivity index (χ4n) is 4.21. The van der Waals surface area contributed by atoms with Gasteiger partial charge in [0.1, 0.15) is 11.5 Å². The lowest BCUT2D eigenvalue weighted by atomic mass is 9.96. The molecular formula is C23H26N6O. The molecule has 2 N–H and O–H groups in total. The molecule has 0 unspecified atom stereocenters. The molecule has 1 aliphatic heterocycles. The van der Waals surface area contributed by atoms with Crippen LogP contribution in [0.3, 0.4) is 0 Å². The third-order valence-corrected chi connectivity index (χ3v) is 5.88. The summed E-state index contributed by atoms with van der Waals surface area (Å²) in [4.78, 5) is 27.7. The number of H-pyrrole nitrogens is 1. The van der Waals surface area contributed by atoms with Crippen molar-refractivity contribution in [2.24, 2.45) is 5.92 Å². The zero-order valence-corrected chi connectivity index (χ0v) is 17.1. The van der Waals surface area contributed by atoms with E-state index >= 15 is 0 Å². The van der Waals surface area contributed by atoms with Gasteiger partial charge in [-0.1, -0.05) is 12.1 Å². The van der Waals surface area contributed by atoms with E-state index in [-0.39, 0.29) is 11.8 Å². The number of nitrogens with zero attached hydrogens (tertiary/aromatic N) is 4. The Labute approximate surface area is 175 Å². The monoisotopic (exact) mass is 402 g/mol. The Hall–Kier alpha value is -3.19. The molecule has 1 saturated heterocycles. The fraction of sp³-hybridized carbons (Fsp3) is 0.348. The first-order chi connectivity index (χ1) is 14.6. The molecule has 1 amide bonds. The second-order valence-corrected chi connectivity index (χ2v) is 8.17. The average Bonchev–Trinajstić information content (AvgIpc) is 3.35. The van der Waals surface area contributed by atoms with Crippen molar-refractivity contribution in [2.75, 3.05) is 13.1 Å². The van der Waals surface area contributed by atoms with Crippen molar-refractivity contribution in [1.29, 1.82) is 0 Å². The van der Waals surface area contributed by atoms with Crippen LogP contribution in [-0.4, -0.2) is 43.2 Å². The number of hydrogen-bond donors (Lipinski definition) is 2. The number of aromatic amines is 1. The van der Waals surface area contributed by atoms with Crippen LogP contribution in [0.1, 0.15) is 29.9 Å². The number of pyridine rings is 1. The first-order valence-electron chi connectivity index (χ1n) is 10.5. The topological polar surface area (TPSA) is 78.3 Å². The molecule has 0 atom stereocenters. The number of fused-ring (bicyclic) bond motifs is 2. The number of aromatic nitrogens is 4. The Morgan fingerprint density at radius 1 is 1.20 bits per heavy atom. The van der Waals surface area contributed by atoms with Crippen molar-refractivity contribution in [3.05, 3.63) is 65.9 Å². The summed E-state index contributed by atoms with van der Waals surface area (Å²) in [6, 6.07) is 12.2. The van der Waals surface area contributed by atoms with Crippen molar-refractivity contribution < 1.29 is 4.79 Å². The SMILES string of the molecule is Cc1ccc2nc(CN3CCC(C(=O)NCc4cn5ccccc5n4)CC3)[nH]c2c1. The Balaban J connectivity index is 1.12. The van der Waals surface area contributed by atoms with Crippen LogP contribution in [0, 0.1) is 12.8 Å². The van der Waals surface area contributed by atoms with Crippen molar-refractivity contribution in [2.45, 2.75) is 32.9 Å². The molecular weight excluding hydrogens is 376 g/mol. The number of amides is 1. The summed E-state index contributed by atoms with van der Waals surface area (Å²) in [7, 11) is 0. The number of piperidine rings is 1. The molecule has 0 radical (unpaired) electrons. The lowest BCUT2D eigenvalue weighted by molar-refractivity contribution is -0.126. The van der Waals surface area contributed by atoms with E-state index in [9.17, 15) is 4.79 Å². The fourth-order valence-corrected chi connectivity index (χ4v) is 4.21. The van der Waals surface area contributed by atoms with Gasteiger partial charge in [-0.2, -0.15) is 0 Å². The normalized spacial score (nSPS) is 15.8. The molecule has 1 fully saturated rings. The minimum absolute atomic E-state index is 0.0663. The highest BCUT2D eigenvalue weighted by molar-refractivity contribution is 5.78. The number of imidazole rings is 2. The molecule has 1 aliphatic rings. The molecule has 7 nitrogen and oxygen atoms in total. The predicted molar refractivity (Wildman–Crippen MR) is 116 cm³/mol. The van der Waals surface area contributed by atoms with Gasteiger partial charge in [-0.25, -0.2) is 9.97 Å². The van der Waals surface area contributed by atoms with E-state index in [4.69, 9.17) is 4.98 Å². The minimum atomic E-state index is 0.0663. The van der Waals surface area contributed by atoms with Crippen molar-refractivity contribution in [1.82, 2.24) is 29.6 Å². The maximum absolute atomic E-state index is 12.6. The largest absolute Gasteiger partial charge is 0.350 e. The Morgan fingerprint density at radius 3 is 2.90 bits per heavy atom. The molecule has 0 saturated carbocycles. The van der Waals surface area contributed by atoms with Gasteiger partial charge < -0.3 is 14.7 Å². The molecule has 0 spiro atoms. The quantitative estimate of drug-likeness (QED) is 0.538. The lowest BCUT2D eigenvalue weighted by Gasteiger charge is -2.30. The second-order valence-electron chi connectivity index (χ2n) is 8.17. The predicted octanol–water partition coefficient (Wildman–Crippen LogP) is 3.05. The number of benzene rings is 1. The maximum atomic E-state index is 12.6. The molecule has 0 bridgehead atoms. The van der Waals surface area contributed by atoms with Gasteiger partial charge >= 0.3 is 0 Å². The molecule has 154 valence electrons. The standard InChI is InChI=1S/C23H26N6O/c1-16-5-6-19-20(12-16)27-21(26-19)15-28-10-7-17(8-11-28)23(30)24-13-18-14-29-9-3-2-4-22(29)25-18/h2-6,9,12,14,17H,7-8,10-11,13,15H2,1H3,(H,24,30)(H,26,27). The highest BCUT2D eigenvalue weighted by Crippen LogP contribution is 2.20. The Kier molecular flexibility index (Phi) is 4.96. The van der Waals surface area contributed by atoms with Crippen LogP contribution in [-0.2, 0) is 17.9 Å². The maximum Gasteiger partial charge on any atom is 0.223 e. The van der Waals surface area contributed by atoms with Gasteiger partial charge in [0, 0.05) is 18.3 Å². The number of hydrogen-bond acceptors (Lipinski definition) is 4. The van der Waals surface area contributed by atoms with Gasteiger partial charge in [0.05, 0.1) is 29.8 Å². The highest BCUT2D eigenvalue weighted by atomic mass is 16.1. The number of carbonyl (C=O) groups excluding carboxylic acids is 1. The van der Waals surface area contributed by atoms with Crippen LogP contribution in [0.5, 0.6) is 0 Å². The third-order valence-electron chi connectivity index (χ3n) is 5.88. The number of carbonyl (C=O) groups is 1. The van der Waals surface area contributed by atoms with E-state index in [2.05, 4.69) is 45.3 Å². The molecule has 1 aromatic carbocycles. The highest BCUT2D eigenvalue weighted by Gasteiger charge is 2.25. The molecule has 0 aliphatic carbocycles. The third kappa shape index (κ3) is 3.93. The minimum Gasteiger partial charge on any atom is -0.350 e. The van der Waals surface area contributed by atoms with Crippen LogP contribution in [0.4, 0.5) is 0 Å². The van der Waals surface area contributed by atoms with Gasteiger partial charge in [-0.05, 0) is 62.7 Å². The van der Waals surface area contributed by atoms with E-state index in [0.29, 0.717) is 6.54 Å². The summed E-state index contributed by atoms with van der Waals surface area (Å²) in [6.07, 6.45) is 5.67. The summed E-state index contributed by atoms with van der Waals surface area (Å²) in [5.74, 6) is 1.19. The Morgan fingerprint density at radius 2 is 2.07 bits per heavy atom. The smallest absolute Gasteiger partial charge is 0.223 e. The number of nitrogens with one attached hydrogen (secondary N) is 2. The summed E-state index contributed by atoms with van der Waals surface area (Å²) >= 11 is 0. The first-order valence-corrected chi connectivity index (χ1v) is 10.5. The zero-order valence-electron chi connectivity index (χ0n) is 17.1. The zero-order chi connectivity index (χ0) is 20.5. The lowest BCUT2D eigenvalue weighted by Crippen LogP contribution is -2.40. The van der Waals surface area contributed by atoms with Gasteiger partial charge in [0.25, 0.3) is 0 Å². The summed E-state index contributed by atoms with van der Waals surface area (Å²) in [6.45, 7) is 5.16. The van der Waals surface area contributed by atoms with E-state index in [1.165, 1.54) is 5.56 Å². The van der Waals surface area contributed by atoms with Crippen LogP contribution in [0.25, 0.3) is 16.7 Å². The van der Waals surface area contributed by atoms with Crippen LogP contribution >= 0.6 is 0 Å². The number of likely N-dealkylation sites (tertiary alicyclic amines) is 1. The molecule has 5 rings (SSSR count). The second kappa shape index (κ2) is 7.91. The molecule has 7 heteroatoms.